The minimum absolute atomic E-state index is 0.0107. The number of amides is 1. The number of hydrogen-bond donors (Lipinski definition) is 0. The van der Waals surface area contributed by atoms with Gasteiger partial charge >= 0.3 is 0 Å². The van der Waals surface area contributed by atoms with Gasteiger partial charge in [0.2, 0.25) is 0 Å². The molecule has 2 aromatic rings. The van der Waals surface area contributed by atoms with E-state index in [1.807, 2.05) is 17.0 Å². The largest absolute Gasteiger partial charge is 0.369 e. The van der Waals surface area contributed by atoms with Crippen LogP contribution in [0.15, 0.2) is 54.6 Å². The maximum Gasteiger partial charge on any atom is 0.254 e. The monoisotopic (exact) mass is 391 g/mol. The third-order valence-corrected chi connectivity index (χ3v) is 6.17. The molecule has 5 heteroatoms. The summed E-state index contributed by atoms with van der Waals surface area (Å²) in [5.41, 5.74) is 2.35. The van der Waals surface area contributed by atoms with Crippen LogP contribution in [-0.4, -0.2) is 66.8 Å². The predicted octanol–water partition coefficient (Wildman–Crippen LogP) is 3.32. The molecule has 2 heterocycles. The zero-order valence-electron chi connectivity index (χ0n) is 17.1. The van der Waals surface area contributed by atoms with Crippen molar-refractivity contribution in [3.8, 4) is 0 Å². The summed E-state index contributed by atoms with van der Waals surface area (Å²) in [4.78, 5) is 32.0. The zero-order valence-corrected chi connectivity index (χ0v) is 17.1. The zero-order chi connectivity index (χ0) is 20.2. The Morgan fingerprint density at radius 3 is 2.17 bits per heavy atom. The summed E-state index contributed by atoms with van der Waals surface area (Å²) >= 11 is 0. The highest BCUT2D eigenvalue weighted by Crippen LogP contribution is 2.23. The second-order valence-electron chi connectivity index (χ2n) is 8.01. The van der Waals surface area contributed by atoms with Crippen molar-refractivity contribution in [1.82, 2.24) is 9.80 Å². The van der Waals surface area contributed by atoms with Crippen LogP contribution in [0.4, 0.5) is 5.69 Å². The van der Waals surface area contributed by atoms with Crippen LogP contribution in [0.1, 0.15) is 40.5 Å². The number of nitrogens with zero attached hydrogens (tertiary/aromatic N) is 3. The van der Waals surface area contributed by atoms with Crippen LogP contribution in [0.25, 0.3) is 0 Å². The van der Waals surface area contributed by atoms with Crippen LogP contribution < -0.4 is 4.90 Å². The summed E-state index contributed by atoms with van der Waals surface area (Å²) in [7, 11) is 0. The molecule has 0 aromatic heterocycles. The second kappa shape index (κ2) is 8.78. The molecule has 5 nitrogen and oxygen atoms in total. The molecule has 0 radical (unpaired) electrons. The second-order valence-corrected chi connectivity index (χ2v) is 8.01. The Labute approximate surface area is 172 Å². The maximum absolute atomic E-state index is 13.1. The van der Waals surface area contributed by atoms with Gasteiger partial charge in [-0.2, -0.15) is 0 Å². The molecule has 29 heavy (non-hydrogen) atoms. The lowest BCUT2D eigenvalue weighted by Crippen LogP contribution is -2.56. The molecule has 1 atom stereocenters. The molecule has 2 saturated heterocycles. The fraction of sp³-hybridized carbons (Fsp3) is 0.417. The van der Waals surface area contributed by atoms with Crippen LogP contribution in [-0.2, 0) is 0 Å². The molecule has 4 rings (SSSR count). The Morgan fingerprint density at radius 2 is 1.48 bits per heavy atom. The van der Waals surface area contributed by atoms with Gasteiger partial charge in [-0.05, 0) is 38.0 Å². The number of benzene rings is 2. The van der Waals surface area contributed by atoms with E-state index in [9.17, 15) is 9.59 Å². The average Bonchev–Trinajstić information content (AvgIpc) is 2.79. The number of carbonyl (C=O) groups is 2. The van der Waals surface area contributed by atoms with Crippen molar-refractivity contribution in [2.75, 3.05) is 44.2 Å². The number of piperazine rings is 1. The topological polar surface area (TPSA) is 43.9 Å². The first-order valence-electron chi connectivity index (χ1n) is 10.6. The summed E-state index contributed by atoms with van der Waals surface area (Å²) in [6.07, 6.45) is 2.14. The van der Waals surface area contributed by atoms with Gasteiger partial charge in [-0.25, -0.2) is 0 Å². The number of anilines is 1. The highest BCUT2D eigenvalue weighted by Gasteiger charge is 2.31. The van der Waals surface area contributed by atoms with Crippen molar-refractivity contribution >= 4 is 17.4 Å². The molecule has 1 amide bonds. The van der Waals surface area contributed by atoms with E-state index in [0.717, 1.165) is 52.1 Å². The quantitative estimate of drug-likeness (QED) is 0.750. The molecular weight excluding hydrogens is 362 g/mol. The highest BCUT2D eigenvalue weighted by atomic mass is 16.2. The van der Waals surface area contributed by atoms with Gasteiger partial charge in [0.25, 0.3) is 5.91 Å². The lowest BCUT2D eigenvalue weighted by Gasteiger charge is -2.44. The van der Waals surface area contributed by atoms with E-state index < -0.39 is 0 Å². The molecule has 2 aliphatic heterocycles. The summed E-state index contributed by atoms with van der Waals surface area (Å²) in [6, 6.07) is 18.2. The number of likely N-dealkylation sites (tertiary alicyclic amines) is 1. The third-order valence-electron chi connectivity index (χ3n) is 6.17. The first-order chi connectivity index (χ1) is 14.1. The Hall–Kier alpha value is -2.66. The van der Waals surface area contributed by atoms with Crippen LogP contribution in [0.2, 0.25) is 0 Å². The van der Waals surface area contributed by atoms with Gasteiger partial charge in [0.05, 0.1) is 5.56 Å². The number of rotatable bonds is 4. The molecule has 152 valence electrons. The standard InChI is InChI=1S/C24H29N3O2/c1-19(28)22-11-5-6-12-23(22)24(29)27-13-7-10-21(18-27)26-16-14-25(15-17-26)20-8-3-2-4-9-20/h2-6,8-9,11-12,21H,7,10,13-18H2,1H3/t21-/m1/s1. The van der Waals surface area contributed by atoms with Gasteiger partial charge in [0, 0.05) is 56.6 Å². The van der Waals surface area contributed by atoms with E-state index in [1.54, 1.807) is 12.1 Å². The van der Waals surface area contributed by atoms with Crippen LogP contribution in [0, 0.1) is 0 Å². The van der Waals surface area contributed by atoms with Crippen molar-refractivity contribution in [2.24, 2.45) is 0 Å². The van der Waals surface area contributed by atoms with E-state index in [0.29, 0.717) is 17.2 Å². The smallest absolute Gasteiger partial charge is 0.254 e. The third kappa shape index (κ3) is 4.35. The van der Waals surface area contributed by atoms with Gasteiger partial charge < -0.3 is 9.80 Å². The fourth-order valence-electron chi connectivity index (χ4n) is 4.57. The first kappa shape index (κ1) is 19.6. The molecule has 0 aliphatic carbocycles. The van der Waals surface area contributed by atoms with E-state index in [1.165, 1.54) is 12.6 Å². The molecule has 0 N–H and O–H groups in total. The number of ketones is 1. The van der Waals surface area contributed by atoms with Crippen LogP contribution >= 0.6 is 0 Å². The summed E-state index contributed by atoms with van der Waals surface area (Å²) < 4.78 is 0. The number of carbonyl (C=O) groups excluding carboxylic acids is 2. The molecule has 2 fully saturated rings. The minimum Gasteiger partial charge on any atom is -0.369 e. The lowest BCUT2D eigenvalue weighted by molar-refractivity contribution is 0.0561. The van der Waals surface area contributed by atoms with Crippen molar-refractivity contribution in [1.29, 1.82) is 0 Å². The van der Waals surface area contributed by atoms with Gasteiger partial charge in [-0.15, -0.1) is 0 Å². The van der Waals surface area contributed by atoms with Crippen molar-refractivity contribution in [3.05, 3.63) is 65.7 Å². The normalized spacial score (nSPS) is 20.5. The Morgan fingerprint density at radius 1 is 0.828 bits per heavy atom. The van der Waals surface area contributed by atoms with Gasteiger partial charge in [0.15, 0.2) is 5.78 Å². The van der Waals surface area contributed by atoms with E-state index in [2.05, 4.69) is 40.1 Å². The van der Waals surface area contributed by atoms with Crippen LogP contribution in [0.3, 0.4) is 0 Å². The molecule has 2 aromatic carbocycles. The minimum atomic E-state index is -0.0560. The van der Waals surface area contributed by atoms with Gasteiger partial charge in [0.1, 0.15) is 0 Å². The summed E-state index contributed by atoms with van der Waals surface area (Å²) in [5, 5.41) is 0. The van der Waals surface area contributed by atoms with Crippen molar-refractivity contribution in [3.63, 3.8) is 0 Å². The van der Waals surface area contributed by atoms with Gasteiger partial charge in [-0.3, -0.25) is 14.5 Å². The lowest BCUT2D eigenvalue weighted by atomic mass is 9.99. The maximum atomic E-state index is 13.1. The Bertz CT molecular complexity index is 859. The number of para-hydroxylation sites is 1. The van der Waals surface area contributed by atoms with Crippen molar-refractivity contribution < 1.29 is 9.59 Å². The van der Waals surface area contributed by atoms with Crippen LogP contribution in [0.5, 0.6) is 0 Å². The summed E-state index contributed by atoms with van der Waals surface area (Å²) in [6.45, 7) is 7.11. The molecule has 0 bridgehead atoms. The molecular formula is C24H29N3O2. The fourth-order valence-corrected chi connectivity index (χ4v) is 4.57. The highest BCUT2D eigenvalue weighted by molar-refractivity contribution is 6.07. The number of hydrogen-bond acceptors (Lipinski definition) is 4. The number of piperidine rings is 1. The van der Waals surface area contributed by atoms with Crippen molar-refractivity contribution in [2.45, 2.75) is 25.8 Å². The Kier molecular flexibility index (Phi) is 5.95. The Balaban J connectivity index is 1.39. The number of Topliss-reactive ketones (excluding diaryl/α,β-unsaturated/α-hetero) is 1. The summed E-state index contributed by atoms with van der Waals surface area (Å²) in [5.74, 6) is -0.0667. The van der Waals surface area contributed by atoms with Gasteiger partial charge in [-0.1, -0.05) is 36.4 Å². The molecule has 0 saturated carbocycles. The molecule has 0 spiro atoms. The first-order valence-corrected chi connectivity index (χ1v) is 10.6. The van der Waals surface area contributed by atoms with E-state index >= 15 is 0 Å². The van der Waals surface area contributed by atoms with E-state index in [4.69, 9.17) is 0 Å². The van der Waals surface area contributed by atoms with E-state index in [-0.39, 0.29) is 11.7 Å². The molecule has 2 aliphatic rings. The molecule has 0 unspecified atom stereocenters. The average molecular weight is 392 g/mol. The SMILES string of the molecule is CC(=O)c1ccccc1C(=O)N1CCC[C@@H](N2CCN(c3ccccc3)CC2)C1. The predicted molar refractivity (Wildman–Crippen MR) is 116 cm³/mol.